The van der Waals surface area contributed by atoms with E-state index < -0.39 is 0 Å². The van der Waals surface area contributed by atoms with Crippen LogP contribution in [0.5, 0.6) is 0 Å². The van der Waals surface area contributed by atoms with Gasteiger partial charge >= 0.3 is 0 Å². The molecule has 2 rings (SSSR count). The predicted molar refractivity (Wildman–Crippen MR) is 56.2 cm³/mol. The molecule has 1 aliphatic rings. The van der Waals surface area contributed by atoms with Gasteiger partial charge in [0.15, 0.2) is 0 Å². The molecule has 3 heteroatoms. The Hall–Kier alpha value is -1.04. The highest BCUT2D eigenvalue weighted by Crippen LogP contribution is 2.12. The van der Waals surface area contributed by atoms with E-state index in [1.165, 1.54) is 12.8 Å². The van der Waals surface area contributed by atoms with Crippen LogP contribution in [0.15, 0.2) is 24.3 Å². The van der Waals surface area contributed by atoms with Crippen molar-refractivity contribution in [3.8, 4) is 6.07 Å². The van der Waals surface area contributed by atoms with Crippen LogP contribution in [-0.2, 0) is 4.74 Å². The lowest BCUT2D eigenvalue weighted by atomic mass is 10.2. The third kappa shape index (κ3) is 3.78. The van der Waals surface area contributed by atoms with Crippen molar-refractivity contribution in [1.29, 1.82) is 5.26 Å². The molecule has 1 heterocycles. The monoisotopic (exact) mass is 209 g/mol. The zero-order valence-electron chi connectivity index (χ0n) is 7.87. The fraction of sp³-hybridized carbons (Fsp3) is 0.364. The summed E-state index contributed by atoms with van der Waals surface area (Å²) in [5, 5.41) is 8.90. The molecule has 74 valence electrons. The highest BCUT2D eigenvalue weighted by Gasteiger charge is 1.94. The number of benzene rings is 1. The van der Waals surface area contributed by atoms with Crippen LogP contribution in [0.1, 0.15) is 18.4 Å². The van der Waals surface area contributed by atoms with Crippen molar-refractivity contribution < 1.29 is 4.74 Å². The van der Waals surface area contributed by atoms with Gasteiger partial charge in [0.25, 0.3) is 0 Å². The van der Waals surface area contributed by atoms with Gasteiger partial charge in [-0.05, 0) is 25.0 Å². The average molecular weight is 210 g/mol. The Morgan fingerprint density at radius 2 is 1.86 bits per heavy atom. The minimum absolute atomic E-state index is 0.514. The topological polar surface area (TPSA) is 33.0 Å². The molecule has 2 nitrogen and oxygen atoms in total. The van der Waals surface area contributed by atoms with Crippen LogP contribution in [0.25, 0.3) is 0 Å². The minimum Gasteiger partial charge on any atom is -0.381 e. The molecule has 0 radical (unpaired) electrons. The maximum Gasteiger partial charge on any atom is 0.101 e. The van der Waals surface area contributed by atoms with Gasteiger partial charge in [-0.3, -0.25) is 0 Å². The Morgan fingerprint density at radius 3 is 2.21 bits per heavy atom. The van der Waals surface area contributed by atoms with Gasteiger partial charge in [-0.15, -0.1) is 0 Å². The molecule has 0 atom stereocenters. The minimum atomic E-state index is 0.514. The average Bonchev–Trinajstić information content (AvgIpc) is 2.76. The number of halogens is 1. The van der Waals surface area contributed by atoms with Gasteiger partial charge in [0.1, 0.15) is 6.07 Å². The first-order valence-electron chi connectivity index (χ1n) is 4.57. The fourth-order valence-electron chi connectivity index (χ4n) is 1.06. The maximum atomic E-state index is 8.38. The quantitative estimate of drug-likeness (QED) is 0.658. The molecule has 0 saturated carbocycles. The molecule has 14 heavy (non-hydrogen) atoms. The molecule has 0 aromatic heterocycles. The lowest BCUT2D eigenvalue weighted by molar-refractivity contribution is 0.198. The molecule has 0 bridgehead atoms. The van der Waals surface area contributed by atoms with E-state index in [-0.39, 0.29) is 0 Å². The van der Waals surface area contributed by atoms with E-state index in [2.05, 4.69) is 0 Å². The Bertz CT molecular complexity index is 308. The second-order valence-electron chi connectivity index (χ2n) is 2.91. The first-order valence-corrected chi connectivity index (χ1v) is 4.95. The predicted octanol–water partition coefficient (Wildman–Crippen LogP) is 3.01. The maximum absolute atomic E-state index is 8.38. The summed E-state index contributed by atoms with van der Waals surface area (Å²) in [6.07, 6.45) is 2.56. The normalized spacial score (nSPS) is 14.0. The van der Waals surface area contributed by atoms with E-state index in [9.17, 15) is 0 Å². The summed E-state index contributed by atoms with van der Waals surface area (Å²) < 4.78 is 4.94. The van der Waals surface area contributed by atoms with E-state index in [4.69, 9.17) is 21.6 Å². The number of hydrogen-bond donors (Lipinski definition) is 0. The van der Waals surface area contributed by atoms with Crippen LogP contribution in [0, 0.1) is 11.3 Å². The zero-order valence-corrected chi connectivity index (χ0v) is 8.63. The van der Waals surface area contributed by atoms with Crippen molar-refractivity contribution >= 4 is 11.6 Å². The summed E-state index contributed by atoms with van der Waals surface area (Å²) in [6, 6.07) is 8.92. The van der Waals surface area contributed by atoms with E-state index in [1.807, 2.05) is 6.07 Å². The molecule has 1 aliphatic heterocycles. The van der Waals surface area contributed by atoms with Crippen molar-refractivity contribution in [1.82, 2.24) is 0 Å². The summed E-state index contributed by atoms with van der Waals surface area (Å²) in [6.45, 7) is 2.00. The van der Waals surface area contributed by atoms with Crippen LogP contribution in [0.3, 0.4) is 0 Å². The zero-order chi connectivity index (χ0) is 10.2. The van der Waals surface area contributed by atoms with E-state index in [0.717, 1.165) is 13.2 Å². The molecule has 1 aromatic rings. The SMILES string of the molecule is C1CCOC1.N#Cc1ccccc1Cl. The van der Waals surface area contributed by atoms with Crippen LogP contribution in [-0.4, -0.2) is 13.2 Å². The molecule has 0 spiro atoms. The Kier molecular flexibility index (Phi) is 5.06. The van der Waals surface area contributed by atoms with Crippen molar-refractivity contribution in [2.75, 3.05) is 13.2 Å². The Labute approximate surface area is 89.1 Å². The fourth-order valence-corrected chi connectivity index (χ4v) is 1.24. The lowest BCUT2D eigenvalue weighted by Gasteiger charge is -1.88. The first-order chi connectivity index (χ1) is 6.84. The van der Waals surface area contributed by atoms with Gasteiger partial charge in [0.05, 0.1) is 10.6 Å². The van der Waals surface area contributed by atoms with Gasteiger partial charge < -0.3 is 4.74 Å². The molecule has 0 aliphatic carbocycles. The molecule has 1 saturated heterocycles. The molecule has 0 amide bonds. The Morgan fingerprint density at radius 1 is 1.21 bits per heavy atom. The molecule has 0 N–H and O–H groups in total. The number of ether oxygens (including phenoxy) is 1. The molecule has 1 aromatic carbocycles. The molecular weight excluding hydrogens is 198 g/mol. The third-order valence-corrected chi connectivity index (χ3v) is 2.15. The number of rotatable bonds is 0. The van der Waals surface area contributed by atoms with Gasteiger partial charge in [0.2, 0.25) is 0 Å². The second-order valence-corrected chi connectivity index (χ2v) is 3.32. The highest BCUT2D eigenvalue weighted by atomic mass is 35.5. The largest absolute Gasteiger partial charge is 0.381 e. The smallest absolute Gasteiger partial charge is 0.101 e. The standard InChI is InChI=1S/C7H4ClN.C4H8O/c8-7-4-2-1-3-6(7)5-9;1-2-4-5-3-1/h1-4H;1-4H2. The second kappa shape index (κ2) is 6.42. The van der Waals surface area contributed by atoms with Crippen molar-refractivity contribution in [2.45, 2.75) is 12.8 Å². The van der Waals surface area contributed by atoms with Crippen LogP contribution >= 0.6 is 11.6 Å². The Balaban J connectivity index is 0.000000165. The summed E-state index contributed by atoms with van der Waals surface area (Å²) in [5.74, 6) is 0. The van der Waals surface area contributed by atoms with Gasteiger partial charge in [-0.25, -0.2) is 0 Å². The third-order valence-electron chi connectivity index (χ3n) is 1.82. The van der Waals surface area contributed by atoms with E-state index >= 15 is 0 Å². The summed E-state index contributed by atoms with van der Waals surface area (Å²) in [7, 11) is 0. The lowest BCUT2D eigenvalue weighted by Crippen LogP contribution is -1.74. The summed E-state index contributed by atoms with van der Waals surface area (Å²) in [5.41, 5.74) is 0.527. The van der Waals surface area contributed by atoms with Crippen molar-refractivity contribution in [2.24, 2.45) is 0 Å². The number of hydrogen-bond acceptors (Lipinski definition) is 2. The molecular formula is C11H12ClNO. The van der Waals surface area contributed by atoms with Crippen LogP contribution < -0.4 is 0 Å². The molecule has 1 fully saturated rings. The number of nitriles is 1. The van der Waals surface area contributed by atoms with Crippen molar-refractivity contribution in [3.05, 3.63) is 34.9 Å². The van der Waals surface area contributed by atoms with Crippen molar-refractivity contribution in [3.63, 3.8) is 0 Å². The van der Waals surface area contributed by atoms with E-state index in [1.54, 1.807) is 24.3 Å². The summed E-state index contributed by atoms with van der Waals surface area (Å²) in [4.78, 5) is 0. The highest BCUT2D eigenvalue weighted by molar-refractivity contribution is 6.31. The first kappa shape index (κ1) is 11.0. The van der Waals surface area contributed by atoms with Gasteiger partial charge in [-0.2, -0.15) is 5.26 Å². The van der Waals surface area contributed by atoms with Crippen LogP contribution in [0.4, 0.5) is 0 Å². The van der Waals surface area contributed by atoms with Gasteiger partial charge in [-0.1, -0.05) is 23.7 Å². The molecule has 0 unspecified atom stereocenters. The van der Waals surface area contributed by atoms with Gasteiger partial charge in [0, 0.05) is 13.2 Å². The summed E-state index contributed by atoms with van der Waals surface area (Å²) >= 11 is 5.60. The number of nitrogens with zero attached hydrogens (tertiary/aromatic N) is 1. The van der Waals surface area contributed by atoms with E-state index in [0.29, 0.717) is 10.6 Å². The van der Waals surface area contributed by atoms with Crippen LogP contribution in [0.2, 0.25) is 5.02 Å².